The molecule has 0 fully saturated rings. The van der Waals surface area contributed by atoms with Gasteiger partial charge in [-0.2, -0.15) is 0 Å². The third-order valence-electron chi connectivity index (χ3n) is 2.86. The van der Waals surface area contributed by atoms with Crippen molar-refractivity contribution in [2.24, 2.45) is 0 Å². The highest BCUT2D eigenvalue weighted by Crippen LogP contribution is 2.24. The Morgan fingerprint density at radius 2 is 1.83 bits per heavy atom. The molecule has 3 rings (SSSR count). The normalized spacial score (nSPS) is 10.7. The number of rotatable bonds is 3. The molecule has 0 aliphatic rings. The van der Waals surface area contributed by atoms with E-state index in [0.717, 1.165) is 27.9 Å². The number of hydrogen-bond acceptors (Lipinski definition) is 3. The number of para-hydroxylation sites is 1. The number of benzene rings is 2. The fourth-order valence-corrected chi connectivity index (χ4v) is 2.96. The van der Waals surface area contributed by atoms with Crippen molar-refractivity contribution < 1.29 is 4.79 Å². The number of aldehydes is 1. The molecular weight excluding hydrogens is 242 g/mol. The van der Waals surface area contributed by atoms with E-state index in [2.05, 4.69) is 11.1 Å². The van der Waals surface area contributed by atoms with Crippen LogP contribution in [-0.2, 0) is 6.42 Å². The zero-order valence-electron chi connectivity index (χ0n) is 9.67. The van der Waals surface area contributed by atoms with Gasteiger partial charge in [-0.15, -0.1) is 11.3 Å². The van der Waals surface area contributed by atoms with E-state index in [1.807, 2.05) is 42.5 Å². The van der Waals surface area contributed by atoms with Crippen molar-refractivity contribution in [3.8, 4) is 0 Å². The van der Waals surface area contributed by atoms with Gasteiger partial charge >= 0.3 is 0 Å². The molecule has 0 aliphatic heterocycles. The highest BCUT2D eigenvalue weighted by Gasteiger charge is 2.06. The SMILES string of the molecule is O=Cc1ccccc1Cc1nc2ccccc2s1. The highest BCUT2D eigenvalue weighted by atomic mass is 32.1. The summed E-state index contributed by atoms with van der Waals surface area (Å²) in [5, 5.41) is 1.05. The van der Waals surface area contributed by atoms with Crippen LogP contribution in [0.25, 0.3) is 10.2 Å². The molecule has 1 aromatic heterocycles. The van der Waals surface area contributed by atoms with Gasteiger partial charge in [0.15, 0.2) is 0 Å². The third-order valence-corrected chi connectivity index (χ3v) is 3.90. The summed E-state index contributed by atoms with van der Waals surface area (Å²) in [6.45, 7) is 0. The summed E-state index contributed by atoms with van der Waals surface area (Å²) < 4.78 is 1.19. The van der Waals surface area contributed by atoms with Crippen LogP contribution in [0.3, 0.4) is 0 Å². The smallest absolute Gasteiger partial charge is 0.150 e. The molecule has 1 heterocycles. The summed E-state index contributed by atoms with van der Waals surface area (Å²) in [7, 11) is 0. The molecule has 0 saturated carbocycles. The van der Waals surface area contributed by atoms with Gasteiger partial charge < -0.3 is 0 Å². The molecular formula is C15H11NOS. The molecule has 0 aliphatic carbocycles. The minimum Gasteiger partial charge on any atom is -0.298 e. The maximum Gasteiger partial charge on any atom is 0.150 e. The van der Waals surface area contributed by atoms with E-state index >= 15 is 0 Å². The summed E-state index contributed by atoms with van der Waals surface area (Å²) >= 11 is 1.68. The van der Waals surface area contributed by atoms with Gasteiger partial charge in [-0.05, 0) is 17.7 Å². The Morgan fingerprint density at radius 1 is 1.06 bits per heavy atom. The molecule has 0 atom stereocenters. The molecule has 0 bridgehead atoms. The van der Waals surface area contributed by atoms with Crippen molar-refractivity contribution in [3.63, 3.8) is 0 Å². The van der Waals surface area contributed by atoms with Crippen molar-refractivity contribution in [1.29, 1.82) is 0 Å². The predicted molar refractivity (Wildman–Crippen MR) is 74.3 cm³/mol. The quantitative estimate of drug-likeness (QED) is 0.666. The molecule has 2 aromatic carbocycles. The Morgan fingerprint density at radius 3 is 2.67 bits per heavy atom. The maximum atomic E-state index is 11.0. The summed E-state index contributed by atoms with van der Waals surface area (Å²) in [5.41, 5.74) is 2.81. The van der Waals surface area contributed by atoms with Gasteiger partial charge in [-0.1, -0.05) is 36.4 Å². The zero-order chi connectivity index (χ0) is 12.4. The molecule has 3 heteroatoms. The second-order valence-corrected chi connectivity index (χ2v) is 5.18. The zero-order valence-corrected chi connectivity index (χ0v) is 10.5. The van der Waals surface area contributed by atoms with Gasteiger partial charge in [0.2, 0.25) is 0 Å². The van der Waals surface area contributed by atoms with E-state index in [0.29, 0.717) is 6.42 Å². The number of hydrogen-bond donors (Lipinski definition) is 0. The lowest BCUT2D eigenvalue weighted by Crippen LogP contribution is -1.93. The van der Waals surface area contributed by atoms with Crippen molar-refractivity contribution in [2.75, 3.05) is 0 Å². The van der Waals surface area contributed by atoms with Gasteiger partial charge in [0.1, 0.15) is 6.29 Å². The number of carbonyl (C=O) groups is 1. The van der Waals surface area contributed by atoms with Gasteiger partial charge in [0.05, 0.1) is 15.2 Å². The van der Waals surface area contributed by atoms with Crippen LogP contribution in [-0.4, -0.2) is 11.3 Å². The fraction of sp³-hybridized carbons (Fsp3) is 0.0667. The van der Waals surface area contributed by atoms with E-state index in [-0.39, 0.29) is 0 Å². The Hall–Kier alpha value is -2.00. The van der Waals surface area contributed by atoms with Crippen LogP contribution in [0, 0.1) is 0 Å². The van der Waals surface area contributed by atoms with Gasteiger partial charge in [0, 0.05) is 12.0 Å². The minimum absolute atomic E-state index is 0.717. The molecule has 0 N–H and O–H groups in total. The molecule has 0 spiro atoms. The van der Waals surface area contributed by atoms with Crippen molar-refractivity contribution >= 4 is 27.8 Å². The molecule has 0 unspecified atom stereocenters. The average Bonchev–Trinajstić information content (AvgIpc) is 2.81. The summed E-state index contributed by atoms with van der Waals surface area (Å²) in [6, 6.07) is 15.8. The molecule has 18 heavy (non-hydrogen) atoms. The molecule has 88 valence electrons. The third kappa shape index (κ3) is 2.05. The van der Waals surface area contributed by atoms with Crippen LogP contribution in [0.2, 0.25) is 0 Å². The van der Waals surface area contributed by atoms with Crippen molar-refractivity contribution in [1.82, 2.24) is 4.98 Å². The second-order valence-electron chi connectivity index (χ2n) is 4.07. The Bertz CT molecular complexity index is 669. The first kappa shape index (κ1) is 11.1. The number of fused-ring (bicyclic) bond motifs is 1. The Balaban J connectivity index is 1.98. The van der Waals surface area contributed by atoms with E-state index in [9.17, 15) is 4.79 Å². The van der Waals surface area contributed by atoms with Crippen LogP contribution < -0.4 is 0 Å². The topological polar surface area (TPSA) is 30.0 Å². The lowest BCUT2D eigenvalue weighted by atomic mass is 10.1. The van der Waals surface area contributed by atoms with Crippen molar-refractivity contribution in [2.45, 2.75) is 6.42 Å². The van der Waals surface area contributed by atoms with E-state index in [1.165, 1.54) is 4.70 Å². The molecule has 0 saturated heterocycles. The predicted octanol–water partition coefficient (Wildman–Crippen LogP) is 3.70. The van der Waals surface area contributed by atoms with Crippen LogP contribution in [0.1, 0.15) is 20.9 Å². The first-order valence-corrected chi connectivity index (χ1v) is 6.56. The number of thiazole rings is 1. The summed E-state index contributed by atoms with van der Waals surface area (Å²) in [4.78, 5) is 15.6. The van der Waals surface area contributed by atoms with Crippen LogP contribution in [0.15, 0.2) is 48.5 Å². The highest BCUT2D eigenvalue weighted by molar-refractivity contribution is 7.18. The Labute approximate surface area is 109 Å². The number of carbonyl (C=O) groups excluding carboxylic acids is 1. The lowest BCUT2D eigenvalue weighted by Gasteiger charge is -2.00. The van der Waals surface area contributed by atoms with E-state index in [4.69, 9.17) is 0 Å². The number of aromatic nitrogens is 1. The van der Waals surface area contributed by atoms with Gasteiger partial charge in [0.25, 0.3) is 0 Å². The molecule has 0 radical (unpaired) electrons. The Kier molecular flexibility index (Phi) is 2.90. The standard InChI is InChI=1S/C15H11NOS/c17-10-12-6-2-1-5-11(12)9-15-16-13-7-3-4-8-14(13)18-15/h1-8,10H,9H2. The van der Waals surface area contributed by atoms with Gasteiger partial charge in [-0.25, -0.2) is 4.98 Å². The van der Waals surface area contributed by atoms with E-state index in [1.54, 1.807) is 11.3 Å². The van der Waals surface area contributed by atoms with Crippen LogP contribution >= 0.6 is 11.3 Å². The monoisotopic (exact) mass is 253 g/mol. The minimum atomic E-state index is 0.717. The van der Waals surface area contributed by atoms with E-state index < -0.39 is 0 Å². The van der Waals surface area contributed by atoms with Crippen molar-refractivity contribution in [3.05, 3.63) is 64.7 Å². The van der Waals surface area contributed by atoms with Crippen LogP contribution in [0.5, 0.6) is 0 Å². The second kappa shape index (κ2) is 4.70. The first-order valence-electron chi connectivity index (χ1n) is 5.74. The first-order chi connectivity index (χ1) is 8.86. The average molecular weight is 253 g/mol. The fourth-order valence-electron chi connectivity index (χ4n) is 1.97. The summed E-state index contributed by atoms with van der Waals surface area (Å²) in [5.74, 6) is 0. The number of nitrogens with zero attached hydrogens (tertiary/aromatic N) is 1. The maximum absolute atomic E-state index is 11.0. The molecule has 2 nitrogen and oxygen atoms in total. The molecule has 0 amide bonds. The lowest BCUT2D eigenvalue weighted by molar-refractivity contribution is 0.112. The van der Waals surface area contributed by atoms with Crippen LogP contribution in [0.4, 0.5) is 0 Å². The summed E-state index contributed by atoms with van der Waals surface area (Å²) in [6.07, 6.45) is 1.62. The van der Waals surface area contributed by atoms with Gasteiger partial charge in [-0.3, -0.25) is 4.79 Å². The largest absolute Gasteiger partial charge is 0.298 e. The molecule has 3 aromatic rings.